The van der Waals surface area contributed by atoms with Crippen molar-refractivity contribution in [2.24, 2.45) is 0 Å². The molecule has 1 N–H and O–H groups in total. The number of Topliss-reactive ketones (excluding diaryl/α,β-unsaturated/α-hetero) is 1. The van der Waals surface area contributed by atoms with Gasteiger partial charge in [0.25, 0.3) is 0 Å². The van der Waals surface area contributed by atoms with Gasteiger partial charge in [-0.15, -0.1) is 0 Å². The van der Waals surface area contributed by atoms with Crippen molar-refractivity contribution in [1.29, 1.82) is 0 Å². The van der Waals surface area contributed by atoms with Crippen LogP contribution in [0.5, 0.6) is 0 Å². The van der Waals surface area contributed by atoms with Crippen LogP contribution in [0.25, 0.3) is 0 Å². The van der Waals surface area contributed by atoms with E-state index >= 15 is 0 Å². The van der Waals surface area contributed by atoms with Gasteiger partial charge >= 0.3 is 0 Å². The zero-order valence-electron chi connectivity index (χ0n) is 19.0. The molecule has 3 aromatic carbocycles. The van der Waals surface area contributed by atoms with E-state index in [4.69, 9.17) is 0 Å². The summed E-state index contributed by atoms with van der Waals surface area (Å²) in [5.74, 6) is 0.0217. The van der Waals surface area contributed by atoms with Crippen LogP contribution in [0, 0.1) is 0 Å². The molecule has 0 bridgehead atoms. The molecule has 170 valence electrons. The minimum atomic E-state index is -1.30. The molecular weight excluding hydrogens is 428 g/mol. The molecule has 1 fully saturated rings. The summed E-state index contributed by atoms with van der Waals surface area (Å²) in [5, 5.41) is 0. The summed E-state index contributed by atoms with van der Waals surface area (Å²) in [7, 11) is -1.30. The third-order valence-corrected chi connectivity index (χ3v) is 8.17. The van der Waals surface area contributed by atoms with Gasteiger partial charge in [-0.05, 0) is 80.8 Å². The third kappa shape index (κ3) is 4.66. The summed E-state index contributed by atoms with van der Waals surface area (Å²) < 4.78 is 16.4. The first-order chi connectivity index (χ1) is 16.1. The summed E-state index contributed by atoms with van der Waals surface area (Å²) >= 11 is 0. The second-order valence-corrected chi connectivity index (χ2v) is 10.4. The van der Waals surface area contributed by atoms with Crippen LogP contribution < -0.4 is 9.62 Å². The molecule has 3 unspecified atom stereocenters. The fourth-order valence-electron chi connectivity index (χ4n) is 5.25. The maximum Gasteiger partial charge on any atom is 0.159 e. The van der Waals surface area contributed by atoms with E-state index in [9.17, 15) is 9.00 Å². The standard InChI is InChI=1S/C28H30N2O2S/c1-20(31)21-15-17-26(18-16-21)33(32)29-24-9-6-10-25(19-24)30-27-11-4-2-7-22(27)13-14-23-8-3-5-12-28(23)30/h2-5,7-8,11-12,15-18,24-25,29H,6,9-10,13-14,19H2,1H3. The summed E-state index contributed by atoms with van der Waals surface area (Å²) in [5.41, 5.74) is 6.07. The van der Waals surface area contributed by atoms with Crippen molar-refractivity contribution in [2.75, 3.05) is 4.90 Å². The Morgan fingerprint density at radius 2 is 1.48 bits per heavy atom. The number of ketones is 1. The molecule has 3 aromatic rings. The predicted octanol–water partition coefficient (Wildman–Crippen LogP) is 5.75. The van der Waals surface area contributed by atoms with Gasteiger partial charge in [0.2, 0.25) is 0 Å². The molecule has 2 aliphatic rings. The van der Waals surface area contributed by atoms with Gasteiger partial charge in [-0.3, -0.25) is 4.79 Å². The Hall–Kier alpha value is -2.76. The van der Waals surface area contributed by atoms with Crippen LogP contribution in [-0.2, 0) is 23.8 Å². The number of benzene rings is 3. The summed E-state index contributed by atoms with van der Waals surface area (Å²) in [4.78, 5) is 14.8. The normalized spacial score (nSPS) is 20.9. The molecule has 0 saturated heterocycles. The van der Waals surface area contributed by atoms with Gasteiger partial charge in [-0.1, -0.05) is 48.5 Å². The highest BCUT2D eigenvalue weighted by molar-refractivity contribution is 7.83. The Morgan fingerprint density at radius 3 is 2.09 bits per heavy atom. The first-order valence-corrected chi connectivity index (χ1v) is 13.0. The van der Waals surface area contributed by atoms with Crippen molar-refractivity contribution in [3.63, 3.8) is 0 Å². The molecule has 4 nitrogen and oxygen atoms in total. The number of fused-ring (bicyclic) bond motifs is 2. The zero-order valence-corrected chi connectivity index (χ0v) is 19.8. The monoisotopic (exact) mass is 458 g/mol. The van der Waals surface area contributed by atoms with Crippen molar-refractivity contribution in [3.8, 4) is 0 Å². The number of nitrogens with one attached hydrogen (secondary N) is 1. The third-order valence-electron chi connectivity index (χ3n) is 6.93. The topological polar surface area (TPSA) is 49.4 Å². The molecule has 0 radical (unpaired) electrons. The minimum absolute atomic E-state index is 0.0217. The first-order valence-electron chi connectivity index (χ1n) is 11.8. The van der Waals surface area contributed by atoms with E-state index in [1.807, 2.05) is 0 Å². The van der Waals surface area contributed by atoms with E-state index in [-0.39, 0.29) is 11.8 Å². The molecule has 0 aromatic heterocycles. The molecule has 5 heteroatoms. The van der Waals surface area contributed by atoms with Crippen molar-refractivity contribution < 1.29 is 9.00 Å². The SMILES string of the molecule is CC(=O)c1ccc(S(=O)NC2CCCC(N3c4ccccc4CCc4ccccc43)C2)cc1. The van der Waals surface area contributed by atoms with Crippen LogP contribution in [-0.4, -0.2) is 22.1 Å². The number of aryl methyl sites for hydroxylation is 2. The van der Waals surface area contributed by atoms with E-state index in [1.54, 1.807) is 31.2 Å². The van der Waals surface area contributed by atoms with Crippen LogP contribution in [0.2, 0.25) is 0 Å². The first kappa shape index (κ1) is 22.1. The van der Waals surface area contributed by atoms with E-state index in [0.717, 1.165) is 38.5 Å². The van der Waals surface area contributed by atoms with Crippen molar-refractivity contribution in [2.45, 2.75) is 62.4 Å². The van der Waals surface area contributed by atoms with E-state index < -0.39 is 11.0 Å². The van der Waals surface area contributed by atoms with Crippen LogP contribution in [0.3, 0.4) is 0 Å². The molecule has 33 heavy (non-hydrogen) atoms. The van der Waals surface area contributed by atoms with Crippen molar-refractivity contribution >= 4 is 28.1 Å². The summed E-state index contributed by atoms with van der Waals surface area (Å²) in [6.45, 7) is 1.55. The lowest BCUT2D eigenvalue weighted by molar-refractivity contribution is 0.101. The molecule has 1 aliphatic carbocycles. The number of para-hydroxylation sites is 2. The van der Waals surface area contributed by atoms with Gasteiger partial charge < -0.3 is 4.90 Å². The lowest BCUT2D eigenvalue weighted by Crippen LogP contribution is -2.43. The molecule has 3 atom stereocenters. The lowest BCUT2D eigenvalue weighted by Gasteiger charge is -2.40. The number of carbonyl (C=O) groups is 1. The largest absolute Gasteiger partial charge is 0.338 e. The van der Waals surface area contributed by atoms with Gasteiger partial charge in [-0.2, -0.15) is 0 Å². The number of anilines is 2. The number of hydrogen-bond acceptors (Lipinski definition) is 3. The molecule has 0 amide bonds. The Labute approximate surface area is 198 Å². The number of nitrogens with zero attached hydrogens (tertiary/aromatic N) is 1. The fourth-order valence-corrected chi connectivity index (χ4v) is 6.28. The number of carbonyl (C=O) groups excluding carboxylic acids is 1. The highest BCUT2D eigenvalue weighted by Gasteiger charge is 2.32. The summed E-state index contributed by atoms with van der Waals surface area (Å²) in [6, 6.07) is 25.2. The number of rotatable bonds is 5. The molecule has 5 rings (SSSR count). The van der Waals surface area contributed by atoms with Gasteiger partial charge in [-0.25, -0.2) is 8.93 Å². The highest BCUT2D eigenvalue weighted by Crippen LogP contribution is 2.40. The maximum absolute atomic E-state index is 13.0. The van der Waals surface area contributed by atoms with Crippen LogP contribution in [0.4, 0.5) is 11.4 Å². The van der Waals surface area contributed by atoms with E-state index in [0.29, 0.717) is 16.5 Å². The summed E-state index contributed by atoms with van der Waals surface area (Å²) in [6.07, 6.45) is 6.30. The molecule has 1 heterocycles. The lowest BCUT2D eigenvalue weighted by atomic mass is 9.89. The van der Waals surface area contributed by atoms with Crippen molar-refractivity contribution in [1.82, 2.24) is 4.72 Å². The molecule has 1 aliphatic heterocycles. The maximum atomic E-state index is 13.0. The molecule has 1 saturated carbocycles. The number of hydrogen-bond donors (Lipinski definition) is 1. The smallest absolute Gasteiger partial charge is 0.159 e. The highest BCUT2D eigenvalue weighted by atomic mass is 32.2. The quantitative estimate of drug-likeness (QED) is 0.495. The fraction of sp³-hybridized carbons (Fsp3) is 0.321. The van der Waals surface area contributed by atoms with Gasteiger partial charge in [0.05, 0.1) is 4.90 Å². The van der Waals surface area contributed by atoms with Crippen LogP contribution >= 0.6 is 0 Å². The van der Waals surface area contributed by atoms with Crippen molar-refractivity contribution in [3.05, 3.63) is 89.5 Å². The second kappa shape index (κ2) is 9.62. The Bertz CT molecular complexity index is 1130. The van der Waals surface area contributed by atoms with Gasteiger partial charge in [0, 0.05) is 29.0 Å². The molecular formula is C28H30N2O2S. The Morgan fingerprint density at radius 1 is 0.879 bits per heavy atom. The minimum Gasteiger partial charge on any atom is -0.338 e. The second-order valence-electron chi connectivity index (χ2n) is 9.11. The Balaban J connectivity index is 1.38. The average Bonchev–Trinajstić information content (AvgIpc) is 3.01. The zero-order chi connectivity index (χ0) is 22.8. The Kier molecular flexibility index (Phi) is 6.43. The van der Waals surface area contributed by atoms with E-state index in [1.165, 1.54) is 22.5 Å². The van der Waals surface area contributed by atoms with Crippen LogP contribution in [0.15, 0.2) is 77.7 Å². The van der Waals surface area contributed by atoms with Gasteiger partial charge in [0.15, 0.2) is 5.78 Å². The van der Waals surface area contributed by atoms with Gasteiger partial charge in [0.1, 0.15) is 11.0 Å². The average molecular weight is 459 g/mol. The molecule has 0 spiro atoms. The van der Waals surface area contributed by atoms with E-state index in [2.05, 4.69) is 58.2 Å². The van der Waals surface area contributed by atoms with Crippen LogP contribution in [0.1, 0.15) is 54.1 Å². The predicted molar refractivity (Wildman–Crippen MR) is 134 cm³/mol.